The van der Waals surface area contributed by atoms with Crippen LogP contribution in [0.2, 0.25) is 0 Å². The van der Waals surface area contributed by atoms with Crippen LogP contribution < -0.4 is 0 Å². The van der Waals surface area contributed by atoms with Gasteiger partial charge in [-0.3, -0.25) is 4.90 Å². The molecule has 0 fully saturated rings. The highest BCUT2D eigenvalue weighted by Crippen LogP contribution is 2.20. The molecule has 0 bridgehead atoms. The molecule has 0 saturated carbocycles. The highest BCUT2D eigenvalue weighted by molar-refractivity contribution is 5.77. The highest BCUT2D eigenvalue weighted by atomic mass is 15.2. The van der Waals surface area contributed by atoms with E-state index in [1.807, 2.05) is 0 Å². The lowest BCUT2D eigenvalue weighted by Gasteiger charge is -2.23. The summed E-state index contributed by atoms with van der Waals surface area (Å²) in [5.41, 5.74) is 3.70. The number of benzene rings is 1. The molecule has 0 atom stereocenters. The summed E-state index contributed by atoms with van der Waals surface area (Å²) < 4.78 is 2.34. The Morgan fingerprint density at radius 3 is 3.00 bits per heavy atom. The number of aromatic nitrogens is 2. The number of likely N-dealkylation sites (N-methyl/N-ethyl adjacent to an activating group) is 1. The fourth-order valence-electron chi connectivity index (χ4n) is 2.25. The van der Waals surface area contributed by atoms with Crippen molar-refractivity contribution < 1.29 is 0 Å². The average molecular weight is 201 g/mol. The molecule has 2 aromatic rings. The zero-order chi connectivity index (χ0) is 10.4. The summed E-state index contributed by atoms with van der Waals surface area (Å²) in [6, 6.07) is 6.52. The lowest BCUT2D eigenvalue weighted by atomic mass is 10.2. The van der Waals surface area contributed by atoms with Crippen molar-refractivity contribution in [3.63, 3.8) is 0 Å². The van der Waals surface area contributed by atoms with Crippen LogP contribution in [0.1, 0.15) is 11.4 Å². The molecule has 3 rings (SSSR count). The fraction of sp³-hybridized carbons (Fsp3) is 0.417. The van der Waals surface area contributed by atoms with E-state index >= 15 is 0 Å². The molecule has 1 aromatic carbocycles. The summed E-state index contributed by atoms with van der Waals surface area (Å²) in [6.45, 7) is 5.26. The Kier molecular flexibility index (Phi) is 1.83. The molecular formula is C12H15N3. The largest absolute Gasteiger partial charge is 0.326 e. The first-order valence-corrected chi connectivity index (χ1v) is 5.38. The number of rotatable bonds is 0. The van der Waals surface area contributed by atoms with Crippen molar-refractivity contribution in [2.24, 2.45) is 0 Å². The number of fused-ring (bicyclic) bond motifs is 3. The Hall–Kier alpha value is -1.35. The van der Waals surface area contributed by atoms with E-state index in [0.29, 0.717) is 0 Å². The van der Waals surface area contributed by atoms with Gasteiger partial charge in [-0.15, -0.1) is 0 Å². The predicted octanol–water partition coefficient (Wildman–Crippen LogP) is 1.79. The third kappa shape index (κ3) is 1.35. The van der Waals surface area contributed by atoms with Crippen LogP contribution in [0.25, 0.3) is 11.0 Å². The Bertz CT molecular complexity index is 513. The van der Waals surface area contributed by atoms with Crippen LogP contribution in [0.3, 0.4) is 0 Å². The molecule has 2 heterocycles. The van der Waals surface area contributed by atoms with E-state index in [1.54, 1.807) is 0 Å². The molecule has 0 spiro atoms. The first-order valence-electron chi connectivity index (χ1n) is 5.38. The molecule has 15 heavy (non-hydrogen) atoms. The second-order valence-electron chi connectivity index (χ2n) is 4.41. The summed E-state index contributed by atoms with van der Waals surface area (Å²) >= 11 is 0. The first-order chi connectivity index (χ1) is 7.24. The molecule has 78 valence electrons. The Labute approximate surface area is 89.3 Å². The molecule has 1 aliphatic heterocycles. The highest BCUT2D eigenvalue weighted by Gasteiger charge is 2.16. The van der Waals surface area contributed by atoms with Crippen molar-refractivity contribution in [2.75, 3.05) is 13.6 Å². The number of hydrogen-bond acceptors (Lipinski definition) is 2. The van der Waals surface area contributed by atoms with Gasteiger partial charge in [-0.1, -0.05) is 6.07 Å². The molecule has 0 unspecified atom stereocenters. The number of nitrogens with zero attached hydrogens (tertiary/aromatic N) is 3. The Balaban J connectivity index is 2.23. The quantitative estimate of drug-likeness (QED) is 0.648. The van der Waals surface area contributed by atoms with Crippen LogP contribution in [0.5, 0.6) is 0 Å². The zero-order valence-electron chi connectivity index (χ0n) is 9.20. The molecule has 0 radical (unpaired) electrons. The number of imidazole rings is 1. The first kappa shape index (κ1) is 8.92. The minimum Gasteiger partial charge on any atom is -0.326 e. The van der Waals surface area contributed by atoms with Gasteiger partial charge in [0.25, 0.3) is 0 Å². The summed E-state index contributed by atoms with van der Waals surface area (Å²) in [6.07, 6.45) is 0. The van der Waals surface area contributed by atoms with Gasteiger partial charge in [0.1, 0.15) is 5.82 Å². The van der Waals surface area contributed by atoms with Gasteiger partial charge in [0.15, 0.2) is 0 Å². The van der Waals surface area contributed by atoms with Crippen molar-refractivity contribution >= 4 is 11.0 Å². The zero-order valence-corrected chi connectivity index (χ0v) is 9.20. The van der Waals surface area contributed by atoms with Crippen LogP contribution in [0.4, 0.5) is 0 Å². The van der Waals surface area contributed by atoms with Crippen LogP contribution in [-0.4, -0.2) is 28.0 Å². The van der Waals surface area contributed by atoms with E-state index in [0.717, 1.165) is 25.2 Å². The predicted molar refractivity (Wildman–Crippen MR) is 60.8 cm³/mol. The monoisotopic (exact) mass is 201 g/mol. The minimum absolute atomic E-state index is 0.966. The van der Waals surface area contributed by atoms with Gasteiger partial charge in [0, 0.05) is 13.1 Å². The van der Waals surface area contributed by atoms with Gasteiger partial charge in [0.2, 0.25) is 0 Å². The van der Waals surface area contributed by atoms with Crippen molar-refractivity contribution in [1.29, 1.82) is 0 Å². The minimum atomic E-state index is 0.966. The van der Waals surface area contributed by atoms with Gasteiger partial charge < -0.3 is 4.57 Å². The summed E-state index contributed by atoms with van der Waals surface area (Å²) in [5, 5.41) is 0. The molecule has 1 aliphatic rings. The smallest absolute Gasteiger partial charge is 0.124 e. The Morgan fingerprint density at radius 2 is 2.13 bits per heavy atom. The molecular weight excluding hydrogens is 186 g/mol. The van der Waals surface area contributed by atoms with Gasteiger partial charge >= 0.3 is 0 Å². The van der Waals surface area contributed by atoms with Crippen molar-refractivity contribution in [1.82, 2.24) is 14.5 Å². The number of aryl methyl sites for hydroxylation is 1. The summed E-state index contributed by atoms with van der Waals surface area (Å²) in [7, 11) is 2.15. The van der Waals surface area contributed by atoms with Gasteiger partial charge in [0.05, 0.1) is 17.6 Å². The normalized spacial score (nSPS) is 16.9. The number of hydrogen-bond donors (Lipinski definition) is 0. The van der Waals surface area contributed by atoms with E-state index < -0.39 is 0 Å². The second kappa shape index (κ2) is 3.07. The molecule has 3 heteroatoms. The van der Waals surface area contributed by atoms with Crippen LogP contribution in [0, 0.1) is 6.92 Å². The lowest BCUT2D eigenvalue weighted by Crippen LogP contribution is -2.30. The average Bonchev–Trinajstić information content (AvgIpc) is 2.53. The third-order valence-corrected chi connectivity index (χ3v) is 3.10. The third-order valence-electron chi connectivity index (χ3n) is 3.10. The molecule has 0 saturated heterocycles. The van der Waals surface area contributed by atoms with E-state index in [-0.39, 0.29) is 0 Å². The van der Waals surface area contributed by atoms with Crippen LogP contribution in [0.15, 0.2) is 18.2 Å². The summed E-state index contributed by atoms with van der Waals surface area (Å²) in [4.78, 5) is 7.00. The Morgan fingerprint density at radius 1 is 1.27 bits per heavy atom. The van der Waals surface area contributed by atoms with E-state index in [1.165, 1.54) is 16.9 Å². The van der Waals surface area contributed by atoms with Crippen LogP contribution >= 0.6 is 0 Å². The van der Waals surface area contributed by atoms with Gasteiger partial charge in [-0.05, 0) is 31.7 Å². The molecule has 0 amide bonds. The van der Waals surface area contributed by atoms with E-state index in [4.69, 9.17) is 0 Å². The van der Waals surface area contributed by atoms with E-state index in [9.17, 15) is 0 Å². The van der Waals surface area contributed by atoms with Gasteiger partial charge in [-0.25, -0.2) is 4.98 Å². The van der Waals surface area contributed by atoms with Gasteiger partial charge in [-0.2, -0.15) is 0 Å². The van der Waals surface area contributed by atoms with E-state index in [2.05, 4.69) is 46.6 Å². The molecule has 0 aliphatic carbocycles. The second-order valence-corrected chi connectivity index (χ2v) is 4.41. The van der Waals surface area contributed by atoms with Crippen molar-refractivity contribution in [3.8, 4) is 0 Å². The topological polar surface area (TPSA) is 21.1 Å². The lowest BCUT2D eigenvalue weighted by molar-refractivity contribution is 0.267. The standard InChI is InChI=1S/C12H15N3/c1-9-3-4-11-10(7-9)13-12-8-14(2)5-6-15(11)12/h3-4,7H,5-6,8H2,1-2H3. The summed E-state index contributed by atoms with van der Waals surface area (Å²) in [5.74, 6) is 1.20. The van der Waals surface area contributed by atoms with Crippen LogP contribution in [-0.2, 0) is 13.1 Å². The van der Waals surface area contributed by atoms with Crippen molar-refractivity contribution in [3.05, 3.63) is 29.6 Å². The van der Waals surface area contributed by atoms with Crippen molar-refractivity contribution in [2.45, 2.75) is 20.0 Å². The maximum atomic E-state index is 4.69. The SMILES string of the molecule is Cc1ccc2c(c1)nc1n2CCN(C)C1. The fourth-order valence-corrected chi connectivity index (χ4v) is 2.25. The maximum Gasteiger partial charge on any atom is 0.124 e. The molecule has 3 nitrogen and oxygen atoms in total. The maximum absolute atomic E-state index is 4.69. The molecule has 1 aromatic heterocycles. The molecule has 0 N–H and O–H groups in total.